The number of anilines is 2. The lowest BCUT2D eigenvalue weighted by Crippen LogP contribution is -2.30. The summed E-state index contributed by atoms with van der Waals surface area (Å²) in [5, 5.41) is 22.4. The molecule has 0 bridgehead atoms. The van der Waals surface area contributed by atoms with Crippen LogP contribution in [0.4, 0.5) is 21.5 Å². The molecule has 2 aromatic carbocycles. The third kappa shape index (κ3) is 4.04. The molecule has 1 N–H and O–H groups in total. The van der Waals surface area contributed by atoms with E-state index in [1.165, 1.54) is 41.3 Å². The molecule has 24 heavy (non-hydrogen) atoms. The van der Waals surface area contributed by atoms with Crippen LogP contribution in [0.2, 0.25) is 0 Å². The molecule has 8 heteroatoms. The lowest BCUT2D eigenvalue weighted by molar-refractivity contribution is -0.385. The fourth-order valence-electron chi connectivity index (χ4n) is 2.08. The van der Waals surface area contributed by atoms with Crippen LogP contribution in [0.15, 0.2) is 42.5 Å². The molecule has 1 amide bonds. The van der Waals surface area contributed by atoms with Gasteiger partial charge in [-0.25, -0.2) is 4.39 Å². The van der Waals surface area contributed by atoms with E-state index in [0.717, 1.165) is 0 Å². The van der Waals surface area contributed by atoms with Crippen molar-refractivity contribution in [2.45, 2.75) is 0 Å². The Hall–Kier alpha value is -3.47. The van der Waals surface area contributed by atoms with Crippen molar-refractivity contribution in [1.29, 1.82) is 5.26 Å². The van der Waals surface area contributed by atoms with Gasteiger partial charge in [-0.3, -0.25) is 14.9 Å². The zero-order chi connectivity index (χ0) is 17.7. The van der Waals surface area contributed by atoms with E-state index in [9.17, 15) is 19.3 Å². The second-order valence-electron chi connectivity index (χ2n) is 4.98. The number of hydrogen-bond donors (Lipinski definition) is 1. The fraction of sp³-hybridized carbons (Fsp3) is 0.125. The molecule has 0 atom stereocenters. The molecular formula is C16H13FN4O3. The van der Waals surface area contributed by atoms with E-state index in [1.54, 1.807) is 19.2 Å². The fourth-order valence-corrected chi connectivity index (χ4v) is 2.08. The lowest BCUT2D eigenvalue weighted by atomic mass is 10.1. The highest BCUT2D eigenvalue weighted by Gasteiger charge is 2.16. The highest BCUT2D eigenvalue weighted by Crippen LogP contribution is 2.23. The third-order valence-corrected chi connectivity index (χ3v) is 3.23. The monoisotopic (exact) mass is 328 g/mol. The standard InChI is InChI=1S/C16H13FN4O3/c1-20(10-16(22)19-13-4-2-3-12(17)8-13)14-5-6-15(21(23)24)11(7-14)9-18/h2-8H,10H2,1H3,(H,19,22). The van der Waals surface area contributed by atoms with Crippen LogP contribution in [0, 0.1) is 27.3 Å². The van der Waals surface area contributed by atoms with Gasteiger partial charge in [0, 0.05) is 24.5 Å². The number of hydrogen-bond acceptors (Lipinski definition) is 5. The predicted octanol–water partition coefficient (Wildman–Crippen LogP) is 2.68. The summed E-state index contributed by atoms with van der Waals surface area (Å²) in [5.41, 5.74) is 0.426. The molecule has 7 nitrogen and oxygen atoms in total. The summed E-state index contributed by atoms with van der Waals surface area (Å²) < 4.78 is 13.1. The van der Waals surface area contributed by atoms with Crippen LogP contribution in [0.25, 0.3) is 0 Å². The van der Waals surface area contributed by atoms with Gasteiger partial charge in [0.2, 0.25) is 5.91 Å². The van der Waals surface area contributed by atoms with E-state index in [1.807, 2.05) is 0 Å². The maximum atomic E-state index is 13.1. The molecule has 2 aromatic rings. The Kier molecular flexibility index (Phi) is 5.06. The zero-order valence-electron chi connectivity index (χ0n) is 12.7. The topological polar surface area (TPSA) is 99.3 Å². The summed E-state index contributed by atoms with van der Waals surface area (Å²) in [6.45, 7) is -0.0702. The van der Waals surface area contributed by atoms with Crippen LogP contribution in [0.3, 0.4) is 0 Å². The number of amides is 1. The van der Waals surface area contributed by atoms with Gasteiger partial charge in [-0.05, 0) is 30.3 Å². The van der Waals surface area contributed by atoms with E-state index < -0.39 is 10.7 Å². The molecule has 122 valence electrons. The summed E-state index contributed by atoms with van der Waals surface area (Å²) in [7, 11) is 1.60. The van der Waals surface area contributed by atoms with Crippen LogP contribution >= 0.6 is 0 Å². The molecule has 2 rings (SSSR count). The number of carbonyl (C=O) groups excluding carboxylic acids is 1. The number of nitro groups is 1. The SMILES string of the molecule is CN(CC(=O)Nc1cccc(F)c1)c1ccc([N+](=O)[O-])c(C#N)c1. The van der Waals surface area contributed by atoms with Crippen molar-refractivity contribution in [2.75, 3.05) is 23.8 Å². The molecule has 0 unspecified atom stereocenters. The number of nitrogens with zero attached hydrogens (tertiary/aromatic N) is 3. The summed E-state index contributed by atoms with van der Waals surface area (Å²) in [6, 6.07) is 11.3. The maximum absolute atomic E-state index is 13.1. The molecule has 0 fully saturated rings. The van der Waals surface area contributed by atoms with Gasteiger partial charge in [0.15, 0.2) is 0 Å². The minimum absolute atomic E-state index is 0.0702. The number of halogens is 1. The zero-order valence-corrected chi connectivity index (χ0v) is 12.7. The van der Waals surface area contributed by atoms with Gasteiger partial charge in [0.05, 0.1) is 11.5 Å². The molecule has 0 saturated heterocycles. The number of nitriles is 1. The van der Waals surface area contributed by atoms with Gasteiger partial charge < -0.3 is 10.2 Å². The Balaban J connectivity index is 2.09. The normalized spacial score (nSPS) is 9.88. The van der Waals surface area contributed by atoms with Gasteiger partial charge in [-0.1, -0.05) is 6.07 Å². The Morgan fingerprint density at radius 1 is 1.38 bits per heavy atom. The first-order valence-corrected chi connectivity index (χ1v) is 6.86. The van der Waals surface area contributed by atoms with Crippen molar-refractivity contribution in [3.05, 3.63) is 64.0 Å². The number of carbonyl (C=O) groups is 1. The van der Waals surface area contributed by atoms with E-state index in [2.05, 4.69) is 5.32 Å². The van der Waals surface area contributed by atoms with Gasteiger partial charge in [-0.2, -0.15) is 5.26 Å². The highest BCUT2D eigenvalue weighted by molar-refractivity contribution is 5.94. The third-order valence-electron chi connectivity index (χ3n) is 3.23. The first-order valence-electron chi connectivity index (χ1n) is 6.86. The van der Waals surface area contributed by atoms with Crippen LogP contribution in [-0.2, 0) is 4.79 Å². The molecular weight excluding hydrogens is 315 g/mol. The second kappa shape index (κ2) is 7.19. The smallest absolute Gasteiger partial charge is 0.287 e. The van der Waals surface area contributed by atoms with E-state index in [-0.39, 0.29) is 23.7 Å². The van der Waals surface area contributed by atoms with Crippen LogP contribution in [0.5, 0.6) is 0 Å². The van der Waals surface area contributed by atoms with Crippen LogP contribution < -0.4 is 10.2 Å². The van der Waals surface area contributed by atoms with Crippen LogP contribution in [0.1, 0.15) is 5.56 Å². The Labute approximate surface area is 137 Å². The first-order chi connectivity index (χ1) is 11.4. The van der Waals surface area contributed by atoms with Crippen molar-refractivity contribution in [2.24, 2.45) is 0 Å². The number of nitrogens with one attached hydrogen (secondary N) is 1. The first kappa shape index (κ1) is 16.9. The van der Waals surface area contributed by atoms with Crippen molar-refractivity contribution in [3.8, 4) is 6.07 Å². The Bertz CT molecular complexity index is 832. The maximum Gasteiger partial charge on any atom is 0.287 e. The highest BCUT2D eigenvalue weighted by atomic mass is 19.1. The lowest BCUT2D eigenvalue weighted by Gasteiger charge is -2.19. The van der Waals surface area contributed by atoms with Crippen molar-refractivity contribution in [3.63, 3.8) is 0 Å². The summed E-state index contributed by atoms with van der Waals surface area (Å²) in [4.78, 5) is 23.7. The summed E-state index contributed by atoms with van der Waals surface area (Å²) >= 11 is 0. The quantitative estimate of drug-likeness (QED) is 0.672. The van der Waals surface area contributed by atoms with Crippen molar-refractivity contribution >= 4 is 23.0 Å². The van der Waals surface area contributed by atoms with E-state index in [0.29, 0.717) is 11.4 Å². The van der Waals surface area contributed by atoms with E-state index in [4.69, 9.17) is 5.26 Å². The Morgan fingerprint density at radius 2 is 2.12 bits per heavy atom. The predicted molar refractivity (Wildman–Crippen MR) is 86.1 cm³/mol. The average molecular weight is 328 g/mol. The van der Waals surface area contributed by atoms with Gasteiger partial charge in [0.1, 0.15) is 17.4 Å². The van der Waals surface area contributed by atoms with Crippen molar-refractivity contribution in [1.82, 2.24) is 0 Å². The second-order valence-corrected chi connectivity index (χ2v) is 4.98. The van der Waals surface area contributed by atoms with Crippen molar-refractivity contribution < 1.29 is 14.1 Å². The summed E-state index contributed by atoms with van der Waals surface area (Å²) in [6.07, 6.45) is 0. The molecule has 0 heterocycles. The average Bonchev–Trinajstić information content (AvgIpc) is 2.53. The molecule has 0 aliphatic rings. The van der Waals surface area contributed by atoms with E-state index >= 15 is 0 Å². The number of likely N-dealkylation sites (N-methyl/N-ethyl adjacent to an activating group) is 1. The largest absolute Gasteiger partial charge is 0.365 e. The van der Waals surface area contributed by atoms with Gasteiger partial charge in [0.25, 0.3) is 5.69 Å². The molecule has 0 saturated carbocycles. The summed E-state index contributed by atoms with van der Waals surface area (Å²) in [5.74, 6) is -0.852. The van der Waals surface area contributed by atoms with Gasteiger partial charge >= 0.3 is 0 Å². The van der Waals surface area contributed by atoms with Crippen LogP contribution in [-0.4, -0.2) is 24.4 Å². The number of benzene rings is 2. The molecule has 0 aromatic heterocycles. The molecule has 0 aliphatic carbocycles. The molecule has 0 radical (unpaired) electrons. The molecule has 0 spiro atoms. The minimum atomic E-state index is -0.640. The number of rotatable bonds is 5. The number of nitro benzene ring substituents is 1. The molecule has 0 aliphatic heterocycles. The minimum Gasteiger partial charge on any atom is -0.365 e. The Morgan fingerprint density at radius 3 is 2.75 bits per heavy atom. The van der Waals surface area contributed by atoms with Gasteiger partial charge in [-0.15, -0.1) is 0 Å².